The minimum Gasteiger partial charge on any atom is -0.461 e. The van der Waals surface area contributed by atoms with E-state index in [1.54, 1.807) is 24.3 Å². The second kappa shape index (κ2) is 5.33. The topological polar surface area (TPSA) is 60.4 Å². The van der Waals surface area contributed by atoms with Gasteiger partial charge in [-0.25, -0.2) is 0 Å². The lowest BCUT2D eigenvalue weighted by Crippen LogP contribution is -2.14. The van der Waals surface area contributed by atoms with Crippen LogP contribution in [-0.2, 0) is 0 Å². The molecule has 0 aliphatic heterocycles. The molecule has 1 atom stereocenters. The summed E-state index contributed by atoms with van der Waals surface area (Å²) in [5, 5.41) is 0. The molecule has 20 heavy (non-hydrogen) atoms. The molecule has 0 N–H and O–H groups in total. The van der Waals surface area contributed by atoms with Gasteiger partial charge in [-0.15, -0.1) is 0 Å². The normalized spacial score (nSPS) is 18.0. The van der Waals surface area contributed by atoms with E-state index in [0.29, 0.717) is 23.5 Å². The van der Waals surface area contributed by atoms with Crippen molar-refractivity contribution in [2.75, 3.05) is 0 Å². The maximum absolute atomic E-state index is 12.3. The molecular formula is C16H14O4. The van der Waals surface area contributed by atoms with Crippen LogP contribution in [0.3, 0.4) is 0 Å². The minimum absolute atomic E-state index is 0.0507. The van der Waals surface area contributed by atoms with Crippen molar-refractivity contribution < 1.29 is 18.4 Å². The molecule has 102 valence electrons. The van der Waals surface area contributed by atoms with Crippen LogP contribution in [-0.4, -0.2) is 11.6 Å². The van der Waals surface area contributed by atoms with Crippen molar-refractivity contribution >= 4 is 11.6 Å². The molecule has 1 aliphatic carbocycles. The Morgan fingerprint density at radius 1 is 1.10 bits per heavy atom. The lowest BCUT2D eigenvalue weighted by Gasteiger charge is -2.11. The molecule has 0 fully saturated rings. The van der Waals surface area contributed by atoms with Crippen molar-refractivity contribution in [2.45, 2.75) is 19.3 Å². The first-order valence-electron chi connectivity index (χ1n) is 6.60. The van der Waals surface area contributed by atoms with E-state index in [1.807, 2.05) is 6.08 Å². The van der Waals surface area contributed by atoms with Crippen molar-refractivity contribution in [2.24, 2.45) is 5.92 Å². The average Bonchev–Trinajstić information content (AvgIpc) is 3.20. The van der Waals surface area contributed by atoms with E-state index in [0.717, 1.165) is 12.8 Å². The van der Waals surface area contributed by atoms with Crippen molar-refractivity contribution in [3.8, 4) is 0 Å². The Morgan fingerprint density at radius 2 is 1.80 bits per heavy atom. The molecule has 0 radical (unpaired) electrons. The van der Waals surface area contributed by atoms with Gasteiger partial charge in [0, 0.05) is 12.0 Å². The van der Waals surface area contributed by atoms with Gasteiger partial charge in [0.15, 0.2) is 17.3 Å². The van der Waals surface area contributed by atoms with E-state index in [1.165, 1.54) is 12.5 Å². The molecule has 0 amide bonds. The summed E-state index contributed by atoms with van der Waals surface area (Å²) in [7, 11) is 0. The summed E-state index contributed by atoms with van der Waals surface area (Å²) in [6, 6.07) is 6.67. The van der Waals surface area contributed by atoms with Crippen LogP contribution in [0, 0.1) is 5.92 Å². The third-order valence-electron chi connectivity index (χ3n) is 3.55. The van der Waals surface area contributed by atoms with Gasteiger partial charge in [-0.2, -0.15) is 0 Å². The van der Waals surface area contributed by atoms with Crippen LogP contribution in [0.5, 0.6) is 0 Å². The molecule has 3 rings (SSSR count). The van der Waals surface area contributed by atoms with Crippen LogP contribution in [0.15, 0.2) is 57.3 Å². The second-order valence-corrected chi connectivity index (χ2v) is 4.84. The number of Topliss-reactive ketones (excluding diaryl/α,β-unsaturated/α-hetero) is 2. The maximum atomic E-state index is 12.3. The number of ketones is 2. The quantitative estimate of drug-likeness (QED) is 0.778. The molecule has 0 saturated carbocycles. The Bertz CT molecular complexity index is 632. The Labute approximate surface area is 116 Å². The lowest BCUT2D eigenvalue weighted by molar-refractivity contribution is 0.0932. The number of allylic oxidation sites excluding steroid dienone is 2. The first-order chi connectivity index (χ1) is 9.75. The SMILES string of the molecule is O=C(CC1CCC=C1C(=O)c1ccco1)c1ccco1. The number of hydrogen-bond donors (Lipinski definition) is 0. The summed E-state index contributed by atoms with van der Waals surface area (Å²) in [4.78, 5) is 24.4. The van der Waals surface area contributed by atoms with E-state index in [-0.39, 0.29) is 17.5 Å². The first kappa shape index (κ1) is 12.7. The number of rotatable bonds is 5. The summed E-state index contributed by atoms with van der Waals surface area (Å²) < 4.78 is 10.2. The summed E-state index contributed by atoms with van der Waals surface area (Å²) in [6.07, 6.45) is 6.79. The van der Waals surface area contributed by atoms with Gasteiger partial charge in [0.25, 0.3) is 0 Å². The van der Waals surface area contributed by atoms with E-state index in [9.17, 15) is 9.59 Å². The highest BCUT2D eigenvalue weighted by Crippen LogP contribution is 2.32. The largest absolute Gasteiger partial charge is 0.461 e. The average molecular weight is 270 g/mol. The smallest absolute Gasteiger partial charge is 0.224 e. The molecule has 0 saturated heterocycles. The molecular weight excluding hydrogens is 256 g/mol. The molecule has 4 heteroatoms. The highest BCUT2D eigenvalue weighted by atomic mass is 16.3. The molecule has 1 aliphatic rings. The second-order valence-electron chi connectivity index (χ2n) is 4.84. The van der Waals surface area contributed by atoms with Gasteiger partial charge in [-0.3, -0.25) is 9.59 Å². The van der Waals surface area contributed by atoms with E-state index >= 15 is 0 Å². The Morgan fingerprint density at radius 3 is 2.45 bits per heavy atom. The highest BCUT2D eigenvalue weighted by molar-refractivity contribution is 6.08. The molecule has 2 heterocycles. The van der Waals surface area contributed by atoms with Crippen LogP contribution < -0.4 is 0 Å². The Kier molecular flexibility index (Phi) is 3.37. The fourth-order valence-electron chi connectivity index (χ4n) is 2.56. The summed E-state index contributed by atoms with van der Waals surface area (Å²) >= 11 is 0. The van der Waals surface area contributed by atoms with Crippen LogP contribution >= 0.6 is 0 Å². The molecule has 0 aromatic carbocycles. The molecule has 4 nitrogen and oxygen atoms in total. The van der Waals surface area contributed by atoms with Gasteiger partial charge in [-0.1, -0.05) is 6.08 Å². The fraction of sp³-hybridized carbons (Fsp3) is 0.250. The molecule has 1 unspecified atom stereocenters. The Hall–Kier alpha value is -2.36. The van der Waals surface area contributed by atoms with Gasteiger partial charge < -0.3 is 8.83 Å². The summed E-state index contributed by atoms with van der Waals surface area (Å²) in [5.74, 6) is 0.435. The zero-order chi connectivity index (χ0) is 13.9. The van der Waals surface area contributed by atoms with Crippen LogP contribution in [0.25, 0.3) is 0 Å². The number of carbonyl (C=O) groups excluding carboxylic acids is 2. The van der Waals surface area contributed by atoms with E-state index in [4.69, 9.17) is 8.83 Å². The van der Waals surface area contributed by atoms with Crippen LogP contribution in [0.1, 0.15) is 40.4 Å². The third-order valence-corrected chi connectivity index (χ3v) is 3.55. The molecule has 0 spiro atoms. The van der Waals surface area contributed by atoms with Crippen LogP contribution in [0.2, 0.25) is 0 Å². The summed E-state index contributed by atoms with van der Waals surface area (Å²) in [6.45, 7) is 0. The molecule has 2 aromatic heterocycles. The third kappa shape index (κ3) is 2.37. The number of hydrogen-bond acceptors (Lipinski definition) is 4. The lowest BCUT2D eigenvalue weighted by atomic mass is 9.91. The van der Waals surface area contributed by atoms with E-state index in [2.05, 4.69) is 0 Å². The van der Waals surface area contributed by atoms with Gasteiger partial charge in [0.1, 0.15) is 0 Å². The fourth-order valence-corrected chi connectivity index (χ4v) is 2.56. The first-order valence-corrected chi connectivity index (χ1v) is 6.60. The monoisotopic (exact) mass is 270 g/mol. The van der Waals surface area contributed by atoms with Gasteiger partial charge in [0.2, 0.25) is 5.78 Å². The highest BCUT2D eigenvalue weighted by Gasteiger charge is 2.29. The van der Waals surface area contributed by atoms with Crippen molar-refractivity contribution in [3.05, 3.63) is 60.0 Å². The molecule has 2 aromatic rings. The predicted octanol–water partition coefficient (Wildman–Crippen LogP) is 3.66. The Balaban J connectivity index is 1.73. The van der Waals surface area contributed by atoms with Gasteiger partial charge in [-0.05, 0) is 43.0 Å². The standard InChI is InChI=1S/C16H14O4/c17-13(14-6-2-8-19-14)10-11-4-1-5-12(11)16(18)15-7-3-9-20-15/h2-3,5-9,11H,1,4,10H2. The van der Waals surface area contributed by atoms with Crippen molar-refractivity contribution in [1.82, 2.24) is 0 Å². The predicted molar refractivity (Wildman–Crippen MR) is 71.5 cm³/mol. The number of carbonyl (C=O) groups is 2. The van der Waals surface area contributed by atoms with E-state index < -0.39 is 0 Å². The number of furan rings is 2. The summed E-state index contributed by atoms with van der Waals surface area (Å²) in [5.41, 5.74) is 0.680. The van der Waals surface area contributed by atoms with Crippen molar-refractivity contribution in [1.29, 1.82) is 0 Å². The van der Waals surface area contributed by atoms with Gasteiger partial charge in [0.05, 0.1) is 12.5 Å². The van der Waals surface area contributed by atoms with Gasteiger partial charge >= 0.3 is 0 Å². The zero-order valence-corrected chi connectivity index (χ0v) is 10.9. The minimum atomic E-state index is -0.121. The van der Waals surface area contributed by atoms with Crippen molar-refractivity contribution in [3.63, 3.8) is 0 Å². The maximum Gasteiger partial charge on any atom is 0.224 e. The zero-order valence-electron chi connectivity index (χ0n) is 10.9. The van der Waals surface area contributed by atoms with Crippen LogP contribution in [0.4, 0.5) is 0 Å². The molecule has 0 bridgehead atoms.